The number of benzene rings is 1. The van der Waals surface area contributed by atoms with Crippen molar-refractivity contribution >= 4 is 11.8 Å². The summed E-state index contributed by atoms with van der Waals surface area (Å²) in [6.45, 7) is 12.0. The minimum Gasteiger partial charge on any atom is -0.338 e. The largest absolute Gasteiger partial charge is 0.338 e. The third kappa shape index (κ3) is 5.10. The number of quaternary nitrogens is 1. The van der Waals surface area contributed by atoms with Crippen molar-refractivity contribution in [3.63, 3.8) is 0 Å². The molecule has 148 valence electrons. The molecule has 0 aliphatic carbocycles. The van der Waals surface area contributed by atoms with Crippen LogP contribution in [0, 0.1) is 6.92 Å². The van der Waals surface area contributed by atoms with E-state index in [1.54, 1.807) is 0 Å². The highest BCUT2D eigenvalue weighted by molar-refractivity contribution is 5.78. The third-order valence-corrected chi connectivity index (χ3v) is 6.11. The molecular weight excluding hydrogens is 338 g/mol. The summed E-state index contributed by atoms with van der Waals surface area (Å²) in [5.74, 6) is 0.508. The maximum atomic E-state index is 12.8. The highest BCUT2D eigenvalue weighted by Gasteiger charge is 2.31. The summed E-state index contributed by atoms with van der Waals surface area (Å²) in [5, 5.41) is 0. The number of aryl methyl sites for hydroxylation is 1. The van der Waals surface area contributed by atoms with E-state index in [2.05, 4.69) is 45.0 Å². The molecule has 1 aromatic carbocycles. The summed E-state index contributed by atoms with van der Waals surface area (Å²) in [4.78, 5) is 30.4. The fraction of sp³-hybridized carbons (Fsp3) is 0.636. The van der Waals surface area contributed by atoms with Crippen LogP contribution in [0.1, 0.15) is 44.2 Å². The van der Waals surface area contributed by atoms with Crippen LogP contribution in [0.2, 0.25) is 0 Å². The Bertz CT molecular complexity index is 655. The summed E-state index contributed by atoms with van der Waals surface area (Å²) >= 11 is 0. The van der Waals surface area contributed by atoms with E-state index in [0.717, 1.165) is 52.1 Å². The monoisotopic (exact) mass is 372 g/mol. The topological polar surface area (TPSA) is 45.1 Å². The number of likely N-dealkylation sites (tertiary alicyclic amines) is 1. The predicted molar refractivity (Wildman–Crippen MR) is 107 cm³/mol. The van der Waals surface area contributed by atoms with Gasteiger partial charge < -0.3 is 14.7 Å². The number of carbonyl (C=O) groups is 2. The zero-order valence-corrected chi connectivity index (χ0v) is 17.1. The first-order valence-electron chi connectivity index (χ1n) is 10.3. The van der Waals surface area contributed by atoms with E-state index in [-0.39, 0.29) is 17.2 Å². The quantitative estimate of drug-likeness (QED) is 0.839. The van der Waals surface area contributed by atoms with Crippen molar-refractivity contribution < 1.29 is 14.5 Å². The van der Waals surface area contributed by atoms with Gasteiger partial charge in [-0.15, -0.1) is 0 Å². The Morgan fingerprint density at radius 1 is 0.926 bits per heavy atom. The van der Waals surface area contributed by atoms with Gasteiger partial charge in [0.2, 0.25) is 5.91 Å². The molecule has 0 radical (unpaired) electrons. The highest BCUT2D eigenvalue weighted by atomic mass is 16.2. The van der Waals surface area contributed by atoms with Gasteiger partial charge in [0.1, 0.15) is 0 Å². The van der Waals surface area contributed by atoms with E-state index in [4.69, 9.17) is 0 Å². The smallest absolute Gasteiger partial charge is 0.277 e. The lowest BCUT2D eigenvalue weighted by atomic mass is 9.81. The first-order chi connectivity index (χ1) is 12.8. The molecular formula is C22H34N3O2+. The number of nitrogens with zero attached hydrogens (tertiary/aromatic N) is 2. The lowest BCUT2D eigenvalue weighted by Gasteiger charge is -2.34. The molecule has 2 fully saturated rings. The van der Waals surface area contributed by atoms with Gasteiger partial charge in [-0.2, -0.15) is 0 Å². The summed E-state index contributed by atoms with van der Waals surface area (Å²) in [7, 11) is 0. The average molecular weight is 373 g/mol. The molecule has 0 bridgehead atoms. The molecule has 0 saturated carbocycles. The van der Waals surface area contributed by atoms with Gasteiger partial charge in [-0.3, -0.25) is 9.59 Å². The number of piperazine rings is 1. The Balaban J connectivity index is 1.47. The second-order valence-electron chi connectivity index (χ2n) is 8.82. The van der Waals surface area contributed by atoms with Crippen molar-refractivity contribution in [1.82, 2.24) is 9.80 Å². The average Bonchev–Trinajstić information content (AvgIpc) is 3.17. The molecule has 2 saturated heterocycles. The van der Waals surface area contributed by atoms with Crippen LogP contribution in [-0.4, -0.2) is 67.4 Å². The molecule has 2 aliphatic heterocycles. The highest BCUT2D eigenvalue weighted by Crippen LogP contribution is 2.28. The maximum absolute atomic E-state index is 12.8. The molecule has 0 aromatic heterocycles. The fourth-order valence-electron chi connectivity index (χ4n) is 4.14. The number of hydrogen-bond acceptors (Lipinski definition) is 2. The van der Waals surface area contributed by atoms with Crippen molar-refractivity contribution in [3.8, 4) is 0 Å². The van der Waals surface area contributed by atoms with Gasteiger partial charge in [0, 0.05) is 19.5 Å². The zero-order valence-electron chi connectivity index (χ0n) is 17.1. The van der Waals surface area contributed by atoms with Gasteiger partial charge in [0.15, 0.2) is 6.54 Å². The number of amides is 2. The van der Waals surface area contributed by atoms with Crippen molar-refractivity contribution in [3.05, 3.63) is 35.4 Å². The molecule has 0 atom stereocenters. The molecule has 0 spiro atoms. The van der Waals surface area contributed by atoms with Crippen molar-refractivity contribution in [1.29, 1.82) is 0 Å². The Labute approximate surface area is 163 Å². The standard InChI is InChI=1S/C22H33N3O2/c1-18-6-8-19(9-7-18)22(2,3)16-20(26)25-14-12-23(13-15-25)17-21(27)24-10-4-5-11-24/h6-9H,4-5,10-17H2,1-3H3/p+1. The molecule has 2 aliphatic rings. The van der Waals surface area contributed by atoms with E-state index in [0.29, 0.717) is 13.0 Å². The number of hydrogen-bond donors (Lipinski definition) is 1. The molecule has 1 aromatic rings. The first kappa shape index (κ1) is 19.9. The molecule has 0 unspecified atom stereocenters. The Hall–Kier alpha value is -1.88. The first-order valence-corrected chi connectivity index (χ1v) is 10.3. The summed E-state index contributed by atoms with van der Waals surface area (Å²) in [6, 6.07) is 8.49. The lowest BCUT2D eigenvalue weighted by molar-refractivity contribution is -0.896. The number of rotatable bonds is 5. The van der Waals surface area contributed by atoms with Crippen molar-refractivity contribution in [2.45, 2.75) is 45.4 Å². The molecule has 5 heteroatoms. The minimum atomic E-state index is -0.166. The lowest BCUT2D eigenvalue weighted by Crippen LogP contribution is -3.15. The van der Waals surface area contributed by atoms with Gasteiger partial charge in [-0.25, -0.2) is 0 Å². The molecule has 1 N–H and O–H groups in total. The summed E-state index contributed by atoms with van der Waals surface area (Å²) in [5.41, 5.74) is 2.28. The predicted octanol–water partition coefficient (Wildman–Crippen LogP) is 1.01. The number of nitrogens with one attached hydrogen (secondary N) is 1. The SMILES string of the molecule is Cc1ccc(C(C)(C)CC(=O)N2CC[NH+](CC(=O)N3CCCC3)CC2)cc1. The molecule has 3 rings (SSSR count). The van der Waals surface area contributed by atoms with Crippen molar-refractivity contribution in [2.24, 2.45) is 0 Å². The molecule has 2 amide bonds. The van der Waals surface area contributed by atoms with Gasteiger partial charge in [-0.1, -0.05) is 43.7 Å². The van der Waals surface area contributed by atoms with Crippen LogP contribution in [0.3, 0.4) is 0 Å². The fourth-order valence-corrected chi connectivity index (χ4v) is 4.14. The Kier molecular flexibility index (Phi) is 6.20. The maximum Gasteiger partial charge on any atom is 0.277 e. The minimum absolute atomic E-state index is 0.166. The zero-order chi connectivity index (χ0) is 19.4. The Morgan fingerprint density at radius 2 is 1.48 bits per heavy atom. The van der Waals surface area contributed by atoms with E-state index >= 15 is 0 Å². The van der Waals surface area contributed by atoms with Crippen LogP contribution in [0.4, 0.5) is 0 Å². The van der Waals surface area contributed by atoms with E-state index in [1.165, 1.54) is 16.0 Å². The molecule has 27 heavy (non-hydrogen) atoms. The Morgan fingerprint density at radius 3 is 2.07 bits per heavy atom. The second kappa shape index (κ2) is 8.42. The van der Waals surface area contributed by atoms with E-state index < -0.39 is 0 Å². The van der Waals surface area contributed by atoms with Crippen LogP contribution >= 0.6 is 0 Å². The van der Waals surface area contributed by atoms with Crippen LogP contribution in [0.25, 0.3) is 0 Å². The van der Waals surface area contributed by atoms with Crippen molar-refractivity contribution in [2.75, 3.05) is 45.8 Å². The molecule has 2 heterocycles. The van der Waals surface area contributed by atoms with Gasteiger partial charge >= 0.3 is 0 Å². The van der Waals surface area contributed by atoms with Crippen LogP contribution in [0.5, 0.6) is 0 Å². The van der Waals surface area contributed by atoms with Crippen LogP contribution in [-0.2, 0) is 15.0 Å². The van der Waals surface area contributed by atoms with E-state index in [1.807, 2.05) is 9.80 Å². The number of carbonyl (C=O) groups excluding carboxylic acids is 2. The van der Waals surface area contributed by atoms with Gasteiger partial charge in [0.05, 0.1) is 26.2 Å². The van der Waals surface area contributed by atoms with E-state index in [9.17, 15) is 9.59 Å². The van der Waals surface area contributed by atoms with Crippen LogP contribution < -0.4 is 4.90 Å². The molecule has 5 nitrogen and oxygen atoms in total. The van der Waals surface area contributed by atoms with Crippen LogP contribution in [0.15, 0.2) is 24.3 Å². The summed E-state index contributed by atoms with van der Waals surface area (Å²) < 4.78 is 0. The normalized spacial score (nSPS) is 18.8. The van der Waals surface area contributed by atoms with Gasteiger partial charge in [-0.05, 0) is 30.7 Å². The third-order valence-electron chi connectivity index (χ3n) is 6.11. The second-order valence-corrected chi connectivity index (χ2v) is 8.82. The van der Waals surface area contributed by atoms with Gasteiger partial charge in [0.25, 0.3) is 5.91 Å². The summed E-state index contributed by atoms with van der Waals surface area (Å²) in [6.07, 6.45) is 2.80.